The fourth-order valence-electron chi connectivity index (χ4n) is 2.30. The van der Waals surface area contributed by atoms with Crippen LogP contribution in [0.3, 0.4) is 0 Å². The van der Waals surface area contributed by atoms with Crippen molar-refractivity contribution in [3.63, 3.8) is 0 Å². The van der Waals surface area contributed by atoms with Crippen molar-refractivity contribution in [2.24, 2.45) is 11.5 Å². The predicted molar refractivity (Wildman–Crippen MR) is 125 cm³/mol. The van der Waals surface area contributed by atoms with E-state index < -0.39 is 60.2 Å². The van der Waals surface area contributed by atoms with Gasteiger partial charge in [-0.1, -0.05) is 0 Å². The van der Waals surface area contributed by atoms with Crippen molar-refractivity contribution < 1.29 is 29.1 Å². The molecule has 31 heavy (non-hydrogen) atoms. The van der Waals surface area contributed by atoms with Gasteiger partial charge in [-0.25, -0.2) is 4.79 Å². The third-order valence-corrected chi connectivity index (χ3v) is 5.70. The Morgan fingerprint density at radius 2 is 1.35 bits per heavy atom. The van der Waals surface area contributed by atoms with Gasteiger partial charge in [-0.15, -0.1) is 0 Å². The van der Waals surface area contributed by atoms with E-state index in [1.54, 1.807) is 11.8 Å². The van der Waals surface area contributed by atoms with Crippen molar-refractivity contribution in [3.8, 4) is 0 Å². The topological polar surface area (TPSA) is 194 Å². The van der Waals surface area contributed by atoms with Crippen LogP contribution in [0, 0.1) is 0 Å². The van der Waals surface area contributed by atoms with Gasteiger partial charge in [-0.2, -0.15) is 36.2 Å². The molecule has 0 fully saturated rings. The van der Waals surface area contributed by atoms with Crippen LogP contribution in [0.25, 0.3) is 0 Å². The zero-order chi connectivity index (χ0) is 24.0. The summed E-state index contributed by atoms with van der Waals surface area (Å²) in [6, 6.07) is -4.43. The molecule has 0 aromatic carbocycles. The maximum absolute atomic E-state index is 12.7. The van der Waals surface area contributed by atoms with Crippen LogP contribution in [0.4, 0.5) is 0 Å². The number of amides is 4. The Bertz CT molecular complexity index is 639. The van der Waals surface area contributed by atoms with Crippen molar-refractivity contribution >= 4 is 65.8 Å². The van der Waals surface area contributed by atoms with Crippen LogP contribution >= 0.6 is 36.2 Å². The molecule has 0 aliphatic carbocycles. The molecule has 0 rings (SSSR count). The summed E-state index contributed by atoms with van der Waals surface area (Å²) < 4.78 is 0. The van der Waals surface area contributed by atoms with E-state index in [1.807, 2.05) is 12.5 Å². The summed E-state index contributed by atoms with van der Waals surface area (Å²) in [6.45, 7) is 0. The van der Waals surface area contributed by atoms with Crippen LogP contribution in [-0.4, -0.2) is 88.6 Å². The van der Waals surface area contributed by atoms with Crippen molar-refractivity contribution in [2.45, 2.75) is 43.4 Å². The van der Waals surface area contributed by atoms with Gasteiger partial charge >= 0.3 is 5.97 Å². The third-order valence-electron chi connectivity index (χ3n) is 4.05. The molecular formula is C17H31N5O6S3. The standard InChI is InChI=1S/C17H31N5O6S3/c1-30-5-3-9(18)14(24)20-10(4-6-31-2)15(25)22-12(8-29)16(26)21-11(17(27)28)7-13(19)23/h9-12,29H,3-8,18H2,1-2H3,(H2,19,23)(H,20,24)(H,21,26)(H,22,25)(H,27,28). The van der Waals surface area contributed by atoms with Crippen LogP contribution < -0.4 is 27.4 Å². The lowest BCUT2D eigenvalue weighted by atomic mass is 10.1. The molecule has 0 spiro atoms. The van der Waals surface area contributed by atoms with Crippen LogP contribution in [0.1, 0.15) is 19.3 Å². The monoisotopic (exact) mass is 497 g/mol. The second-order valence-corrected chi connectivity index (χ2v) is 8.88. The van der Waals surface area contributed by atoms with E-state index in [0.29, 0.717) is 24.3 Å². The second-order valence-electron chi connectivity index (χ2n) is 6.54. The summed E-state index contributed by atoms with van der Waals surface area (Å²) in [4.78, 5) is 59.6. The van der Waals surface area contributed by atoms with E-state index in [1.165, 1.54) is 11.8 Å². The van der Waals surface area contributed by atoms with Crippen molar-refractivity contribution in [1.29, 1.82) is 0 Å². The molecule has 0 aliphatic heterocycles. The maximum Gasteiger partial charge on any atom is 0.326 e. The molecule has 0 bridgehead atoms. The highest BCUT2D eigenvalue weighted by Crippen LogP contribution is 2.05. The largest absolute Gasteiger partial charge is 0.480 e. The molecule has 0 aromatic rings. The Kier molecular flexibility index (Phi) is 15.2. The molecule has 0 heterocycles. The number of thiol groups is 1. The lowest BCUT2D eigenvalue weighted by Gasteiger charge is -2.24. The summed E-state index contributed by atoms with van der Waals surface area (Å²) >= 11 is 7.05. The van der Waals surface area contributed by atoms with Crippen molar-refractivity contribution in [2.75, 3.05) is 29.8 Å². The lowest BCUT2D eigenvalue weighted by Crippen LogP contribution is -2.58. The molecule has 4 amide bonds. The van der Waals surface area contributed by atoms with Crippen LogP contribution in [0.5, 0.6) is 0 Å². The zero-order valence-electron chi connectivity index (χ0n) is 17.5. The van der Waals surface area contributed by atoms with E-state index in [9.17, 15) is 24.0 Å². The highest BCUT2D eigenvalue weighted by molar-refractivity contribution is 7.98. The van der Waals surface area contributed by atoms with E-state index >= 15 is 0 Å². The van der Waals surface area contributed by atoms with Crippen LogP contribution in [-0.2, 0) is 24.0 Å². The smallest absolute Gasteiger partial charge is 0.326 e. The van der Waals surface area contributed by atoms with Gasteiger partial charge in [0, 0.05) is 5.75 Å². The van der Waals surface area contributed by atoms with Gasteiger partial charge in [0.1, 0.15) is 18.1 Å². The molecule has 0 aliphatic rings. The Hall–Kier alpha value is -1.64. The number of thioether (sulfide) groups is 2. The predicted octanol–water partition coefficient (Wildman–Crippen LogP) is -1.84. The van der Waals surface area contributed by atoms with Crippen LogP contribution in [0.15, 0.2) is 0 Å². The normalized spacial score (nSPS) is 14.6. The molecule has 0 aromatic heterocycles. The Morgan fingerprint density at radius 1 is 0.871 bits per heavy atom. The summed E-state index contributed by atoms with van der Waals surface area (Å²) in [5, 5.41) is 16.3. The van der Waals surface area contributed by atoms with Crippen molar-refractivity contribution in [3.05, 3.63) is 0 Å². The Balaban J connectivity index is 5.16. The Labute approximate surface area is 195 Å². The van der Waals surface area contributed by atoms with Gasteiger partial charge in [0.15, 0.2) is 0 Å². The number of nitrogens with one attached hydrogen (secondary N) is 3. The quantitative estimate of drug-likeness (QED) is 0.120. The number of carbonyl (C=O) groups excluding carboxylic acids is 4. The average Bonchev–Trinajstić information content (AvgIpc) is 2.71. The van der Waals surface area contributed by atoms with E-state index in [-0.39, 0.29) is 5.75 Å². The molecule has 4 unspecified atom stereocenters. The molecule has 14 heteroatoms. The second kappa shape index (κ2) is 16.1. The summed E-state index contributed by atoms with van der Waals surface area (Å²) in [5.41, 5.74) is 10.8. The molecule has 0 radical (unpaired) electrons. The fourth-order valence-corrected chi connectivity index (χ4v) is 3.52. The highest BCUT2D eigenvalue weighted by atomic mass is 32.2. The number of carboxylic acid groups (broad SMARTS) is 1. The molecule has 11 nitrogen and oxygen atoms in total. The highest BCUT2D eigenvalue weighted by Gasteiger charge is 2.30. The maximum atomic E-state index is 12.7. The number of nitrogens with two attached hydrogens (primary N) is 2. The number of hydrogen-bond donors (Lipinski definition) is 7. The number of aliphatic carboxylic acids is 1. The third kappa shape index (κ3) is 12.1. The minimum Gasteiger partial charge on any atom is -0.480 e. The number of hydrogen-bond acceptors (Lipinski definition) is 9. The van der Waals surface area contributed by atoms with E-state index in [0.717, 1.165) is 0 Å². The van der Waals surface area contributed by atoms with Gasteiger partial charge in [-0.3, -0.25) is 19.2 Å². The summed E-state index contributed by atoms with van der Waals surface area (Å²) in [7, 11) is 0. The first kappa shape index (κ1) is 29.4. The van der Waals surface area contributed by atoms with Crippen molar-refractivity contribution in [1.82, 2.24) is 16.0 Å². The number of carbonyl (C=O) groups is 5. The fraction of sp³-hybridized carbons (Fsp3) is 0.706. The first-order chi connectivity index (χ1) is 14.6. The number of carboxylic acids is 1. The molecule has 178 valence electrons. The minimum absolute atomic E-state index is 0.142. The SMILES string of the molecule is CSCCC(N)C(=O)NC(CCSC)C(=O)NC(CS)C(=O)NC(CC(N)=O)C(=O)O. The molecule has 8 N–H and O–H groups in total. The first-order valence-electron chi connectivity index (χ1n) is 9.33. The van der Waals surface area contributed by atoms with Gasteiger partial charge < -0.3 is 32.5 Å². The summed E-state index contributed by atoms with van der Waals surface area (Å²) in [6.07, 6.45) is 3.88. The average molecular weight is 498 g/mol. The van der Waals surface area contributed by atoms with Gasteiger partial charge in [-0.05, 0) is 36.9 Å². The van der Waals surface area contributed by atoms with E-state index in [2.05, 4.69) is 28.6 Å². The molecule has 0 saturated carbocycles. The zero-order valence-corrected chi connectivity index (χ0v) is 20.0. The minimum atomic E-state index is -1.54. The van der Waals surface area contributed by atoms with E-state index in [4.69, 9.17) is 16.6 Å². The lowest BCUT2D eigenvalue weighted by molar-refractivity contribution is -0.143. The Morgan fingerprint density at radius 3 is 1.84 bits per heavy atom. The van der Waals surface area contributed by atoms with Gasteiger partial charge in [0.25, 0.3) is 0 Å². The van der Waals surface area contributed by atoms with Gasteiger partial charge in [0.2, 0.25) is 23.6 Å². The number of rotatable bonds is 16. The molecular weight excluding hydrogens is 466 g/mol. The first-order valence-corrected chi connectivity index (χ1v) is 12.8. The van der Waals surface area contributed by atoms with Crippen LogP contribution in [0.2, 0.25) is 0 Å². The molecule has 4 atom stereocenters. The summed E-state index contributed by atoms with van der Waals surface area (Å²) in [5.74, 6) is -3.19. The van der Waals surface area contributed by atoms with Gasteiger partial charge in [0.05, 0.1) is 12.5 Å². The molecule has 0 saturated heterocycles. The number of primary amides is 1.